The maximum absolute atomic E-state index is 12.2. The second-order valence-electron chi connectivity index (χ2n) is 7.47. The highest BCUT2D eigenvalue weighted by Crippen LogP contribution is 2.18. The normalized spacial score (nSPS) is 11.5. The Morgan fingerprint density at radius 3 is 2.52 bits per heavy atom. The van der Waals surface area contributed by atoms with E-state index in [0.717, 1.165) is 11.3 Å². The molecular weight excluding hydrogens is 342 g/mol. The lowest BCUT2D eigenvalue weighted by atomic mass is 10.1. The molecule has 27 heavy (non-hydrogen) atoms. The molecule has 8 heteroatoms. The predicted octanol–water partition coefficient (Wildman–Crippen LogP) is 2.24. The fourth-order valence-corrected chi connectivity index (χ4v) is 2.54. The molecule has 8 nitrogen and oxygen atoms in total. The third-order valence-electron chi connectivity index (χ3n) is 3.78. The highest BCUT2D eigenvalue weighted by Gasteiger charge is 2.17. The fraction of sp³-hybridized carbons (Fsp3) is 0.474. The van der Waals surface area contributed by atoms with E-state index in [1.165, 1.54) is 0 Å². The number of nitrogens with one attached hydrogen (secondary N) is 2. The number of aromatic nitrogens is 3. The minimum Gasteiger partial charge on any atom is -0.368 e. The molecule has 2 aromatic rings. The van der Waals surface area contributed by atoms with Crippen LogP contribution in [0.2, 0.25) is 0 Å². The molecule has 0 bridgehead atoms. The second-order valence-corrected chi connectivity index (χ2v) is 7.47. The zero-order valence-electron chi connectivity index (χ0n) is 16.7. The number of likely N-dealkylation sites (N-methyl/N-ethyl adjacent to an activating group) is 1. The van der Waals surface area contributed by atoms with E-state index in [1.54, 1.807) is 0 Å². The van der Waals surface area contributed by atoms with E-state index in [0.29, 0.717) is 24.9 Å². The molecular formula is C19H29N7O. The second kappa shape index (κ2) is 8.77. The Balaban J connectivity index is 2.10. The van der Waals surface area contributed by atoms with Crippen LogP contribution in [0.1, 0.15) is 39.1 Å². The number of hydrogen-bond acceptors (Lipinski definition) is 7. The summed E-state index contributed by atoms with van der Waals surface area (Å²) < 4.78 is 0. The molecule has 1 amide bonds. The molecule has 2 rings (SSSR count). The molecule has 0 aliphatic carbocycles. The standard InChI is InChI=1S/C19H29N7O/c1-6-26(12-16(27)25-19(3,4)5)11-15-22-17(20)24-18(23-15)21-14-10-8-7-9-13(14)2/h7-10H,6,11-12H2,1-5H3,(H,25,27)(H3,20,21,22,23,24). The first-order valence-corrected chi connectivity index (χ1v) is 9.02. The first-order chi connectivity index (χ1) is 12.7. The van der Waals surface area contributed by atoms with E-state index < -0.39 is 0 Å². The van der Waals surface area contributed by atoms with Gasteiger partial charge in [-0.25, -0.2) is 0 Å². The molecule has 1 aromatic carbocycles. The van der Waals surface area contributed by atoms with Gasteiger partial charge in [0.05, 0.1) is 13.1 Å². The molecule has 0 spiro atoms. The SMILES string of the molecule is CCN(CC(=O)NC(C)(C)C)Cc1nc(N)nc(Nc2ccccc2C)n1. The lowest BCUT2D eigenvalue weighted by Crippen LogP contribution is -2.45. The Bertz CT molecular complexity index is 786. The van der Waals surface area contributed by atoms with Gasteiger partial charge in [0.2, 0.25) is 17.8 Å². The molecule has 1 aromatic heterocycles. The maximum atomic E-state index is 12.2. The van der Waals surface area contributed by atoms with Gasteiger partial charge >= 0.3 is 0 Å². The van der Waals surface area contributed by atoms with Crippen LogP contribution in [0.15, 0.2) is 24.3 Å². The summed E-state index contributed by atoms with van der Waals surface area (Å²) in [5.74, 6) is 1.02. The Labute approximate surface area is 160 Å². The topological polar surface area (TPSA) is 109 Å². The lowest BCUT2D eigenvalue weighted by Gasteiger charge is -2.24. The zero-order chi connectivity index (χ0) is 20.0. The minimum atomic E-state index is -0.265. The van der Waals surface area contributed by atoms with E-state index in [1.807, 2.05) is 63.8 Å². The van der Waals surface area contributed by atoms with Crippen molar-refractivity contribution >= 4 is 23.5 Å². The number of nitrogens with two attached hydrogens (primary N) is 1. The van der Waals surface area contributed by atoms with Gasteiger partial charge in [-0.05, 0) is 45.9 Å². The summed E-state index contributed by atoms with van der Waals surface area (Å²) in [5.41, 5.74) is 7.57. The van der Waals surface area contributed by atoms with E-state index in [4.69, 9.17) is 5.73 Å². The number of para-hydroxylation sites is 1. The fourth-order valence-electron chi connectivity index (χ4n) is 2.54. The summed E-state index contributed by atoms with van der Waals surface area (Å²) in [6.45, 7) is 11.2. The molecule has 0 saturated carbocycles. The predicted molar refractivity (Wildman–Crippen MR) is 108 cm³/mol. The molecule has 1 heterocycles. The molecule has 0 unspecified atom stereocenters. The molecule has 0 saturated heterocycles. The summed E-state index contributed by atoms with van der Waals surface area (Å²) in [4.78, 5) is 27.0. The molecule has 0 atom stereocenters. The molecule has 146 valence electrons. The van der Waals surface area contributed by atoms with Crippen molar-refractivity contribution < 1.29 is 4.79 Å². The number of carbonyl (C=O) groups excluding carboxylic acids is 1. The first kappa shape index (κ1) is 20.6. The third-order valence-corrected chi connectivity index (χ3v) is 3.78. The molecule has 0 aliphatic heterocycles. The summed E-state index contributed by atoms with van der Waals surface area (Å²) in [6.07, 6.45) is 0. The van der Waals surface area contributed by atoms with E-state index in [2.05, 4.69) is 25.6 Å². The summed E-state index contributed by atoms with van der Waals surface area (Å²) in [7, 11) is 0. The third kappa shape index (κ3) is 6.82. The van der Waals surface area contributed by atoms with Gasteiger partial charge < -0.3 is 16.4 Å². The zero-order valence-corrected chi connectivity index (χ0v) is 16.7. The van der Waals surface area contributed by atoms with Crippen molar-refractivity contribution in [2.24, 2.45) is 0 Å². The highest BCUT2D eigenvalue weighted by atomic mass is 16.2. The van der Waals surface area contributed by atoms with E-state index in [9.17, 15) is 4.79 Å². The number of benzene rings is 1. The Hall–Kier alpha value is -2.74. The number of aryl methyl sites for hydroxylation is 1. The van der Waals surface area contributed by atoms with Crippen LogP contribution < -0.4 is 16.4 Å². The number of rotatable bonds is 7. The molecule has 0 aliphatic rings. The Morgan fingerprint density at radius 2 is 1.89 bits per heavy atom. The summed E-state index contributed by atoms with van der Waals surface area (Å²) >= 11 is 0. The van der Waals surface area contributed by atoms with Gasteiger partial charge in [0, 0.05) is 11.2 Å². The van der Waals surface area contributed by atoms with Crippen molar-refractivity contribution in [3.8, 4) is 0 Å². The van der Waals surface area contributed by atoms with Crippen LogP contribution in [0, 0.1) is 6.92 Å². The molecule has 0 fully saturated rings. The van der Waals surface area contributed by atoms with E-state index in [-0.39, 0.29) is 23.9 Å². The molecule has 0 radical (unpaired) electrons. The van der Waals surface area contributed by atoms with Crippen molar-refractivity contribution in [3.05, 3.63) is 35.7 Å². The number of nitrogen functional groups attached to an aromatic ring is 1. The number of hydrogen-bond donors (Lipinski definition) is 3. The number of carbonyl (C=O) groups is 1. The van der Waals surface area contributed by atoms with Crippen LogP contribution >= 0.6 is 0 Å². The minimum absolute atomic E-state index is 0.0374. The van der Waals surface area contributed by atoms with Crippen molar-refractivity contribution in [1.82, 2.24) is 25.2 Å². The average molecular weight is 371 g/mol. The van der Waals surface area contributed by atoms with Crippen molar-refractivity contribution in [3.63, 3.8) is 0 Å². The molecule has 4 N–H and O–H groups in total. The van der Waals surface area contributed by atoms with Crippen LogP contribution in [0.4, 0.5) is 17.6 Å². The van der Waals surface area contributed by atoms with Gasteiger partial charge in [-0.15, -0.1) is 0 Å². The van der Waals surface area contributed by atoms with Gasteiger partial charge in [-0.1, -0.05) is 25.1 Å². The van der Waals surface area contributed by atoms with Crippen LogP contribution in [0.25, 0.3) is 0 Å². The quantitative estimate of drug-likeness (QED) is 0.685. The van der Waals surface area contributed by atoms with Gasteiger partial charge in [0.25, 0.3) is 0 Å². The largest absolute Gasteiger partial charge is 0.368 e. The Kier molecular flexibility index (Phi) is 6.68. The van der Waals surface area contributed by atoms with Gasteiger partial charge in [-0.3, -0.25) is 9.69 Å². The number of nitrogens with zero attached hydrogens (tertiary/aromatic N) is 4. The van der Waals surface area contributed by atoms with Crippen LogP contribution in [0.3, 0.4) is 0 Å². The average Bonchev–Trinajstić information content (AvgIpc) is 2.54. The number of anilines is 3. The van der Waals surface area contributed by atoms with Crippen molar-refractivity contribution in [2.75, 3.05) is 24.1 Å². The lowest BCUT2D eigenvalue weighted by molar-refractivity contribution is -0.123. The Morgan fingerprint density at radius 1 is 1.19 bits per heavy atom. The highest BCUT2D eigenvalue weighted by molar-refractivity contribution is 5.78. The van der Waals surface area contributed by atoms with Crippen molar-refractivity contribution in [1.29, 1.82) is 0 Å². The first-order valence-electron chi connectivity index (χ1n) is 9.02. The van der Waals surface area contributed by atoms with Crippen LogP contribution in [0.5, 0.6) is 0 Å². The number of amides is 1. The van der Waals surface area contributed by atoms with E-state index >= 15 is 0 Å². The van der Waals surface area contributed by atoms with Gasteiger partial charge in [0.15, 0.2) is 0 Å². The van der Waals surface area contributed by atoms with Crippen molar-refractivity contribution in [2.45, 2.75) is 46.7 Å². The summed E-state index contributed by atoms with van der Waals surface area (Å²) in [6, 6.07) is 7.85. The van der Waals surface area contributed by atoms with Gasteiger partial charge in [0.1, 0.15) is 5.82 Å². The monoisotopic (exact) mass is 371 g/mol. The maximum Gasteiger partial charge on any atom is 0.234 e. The van der Waals surface area contributed by atoms with Crippen LogP contribution in [-0.4, -0.2) is 44.4 Å². The van der Waals surface area contributed by atoms with Crippen LogP contribution in [-0.2, 0) is 11.3 Å². The smallest absolute Gasteiger partial charge is 0.234 e. The van der Waals surface area contributed by atoms with Gasteiger partial charge in [-0.2, -0.15) is 15.0 Å². The summed E-state index contributed by atoms with van der Waals surface area (Å²) in [5, 5.41) is 6.14.